The van der Waals surface area contributed by atoms with Gasteiger partial charge in [-0.25, -0.2) is 22.9 Å². The van der Waals surface area contributed by atoms with Crippen molar-refractivity contribution in [1.82, 2.24) is 19.8 Å². The lowest BCUT2D eigenvalue weighted by Crippen LogP contribution is -2.45. The maximum Gasteiger partial charge on any atom is 0.449 e. The van der Waals surface area contributed by atoms with E-state index >= 15 is 0 Å². The van der Waals surface area contributed by atoms with Crippen LogP contribution in [0.2, 0.25) is 0 Å². The van der Waals surface area contributed by atoms with E-state index in [0.717, 1.165) is 10.8 Å². The summed E-state index contributed by atoms with van der Waals surface area (Å²) in [6, 6.07) is -0.0766. The number of imidazole rings is 1. The number of rotatable bonds is 5. The third kappa shape index (κ3) is 6.67. The minimum atomic E-state index is -4.64. The summed E-state index contributed by atoms with van der Waals surface area (Å²) in [7, 11) is 0. The van der Waals surface area contributed by atoms with Gasteiger partial charge in [-0.3, -0.25) is 4.79 Å². The maximum atomic E-state index is 14.2. The zero-order valence-electron chi connectivity index (χ0n) is 19.2. The first-order valence-electron chi connectivity index (χ1n) is 10.7. The van der Waals surface area contributed by atoms with Crippen LogP contribution in [0, 0.1) is 17.5 Å². The smallest absolute Gasteiger partial charge is 0.444 e. The molecule has 0 saturated heterocycles. The number of benzene rings is 1. The number of ether oxygens (including phenoxy) is 1. The SMILES string of the molecule is CC(C)(C)OC(=O)NC(CC(=O)N1CCn2c(cnc2C(F)(F)F)C1)Cc1cc(F)c(F)cc1F. The highest BCUT2D eigenvalue weighted by atomic mass is 19.4. The van der Waals surface area contributed by atoms with Gasteiger partial charge in [0.1, 0.15) is 11.4 Å². The van der Waals surface area contributed by atoms with Crippen LogP contribution in [-0.4, -0.2) is 44.6 Å². The minimum absolute atomic E-state index is 0.0516. The van der Waals surface area contributed by atoms with Gasteiger partial charge < -0.3 is 19.5 Å². The largest absolute Gasteiger partial charge is 0.449 e. The van der Waals surface area contributed by atoms with Crippen LogP contribution in [0.3, 0.4) is 0 Å². The molecule has 3 rings (SSSR count). The van der Waals surface area contributed by atoms with Gasteiger partial charge >= 0.3 is 12.3 Å². The second kappa shape index (κ2) is 9.78. The van der Waals surface area contributed by atoms with Gasteiger partial charge in [0.25, 0.3) is 0 Å². The summed E-state index contributed by atoms with van der Waals surface area (Å²) in [5.74, 6) is -5.35. The minimum Gasteiger partial charge on any atom is -0.444 e. The Balaban J connectivity index is 1.76. The van der Waals surface area contributed by atoms with Crippen molar-refractivity contribution in [3.8, 4) is 0 Å². The lowest BCUT2D eigenvalue weighted by atomic mass is 10.0. The number of hydrogen-bond donors (Lipinski definition) is 1. The molecule has 1 atom stereocenters. The van der Waals surface area contributed by atoms with Crippen molar-refractivity contribution in [2.45, 2.75) is 64.5 Å². The molecular weight excluding hydrogens is 482 g/mol. The van der Waals surface area contributed by atoms with Crippen molar-refractivity contribution in [2.75, 3.05) is 6.54 Å². The first kappa shape index (κ1) is 26.4. The van der Waals surface area contributed by atoms with Gasteiger partial charge in [0.2, 0.25) is 11.7 Å². The van der Waals surface area contributed by atoms with Crippen LogP contribution in [0.25, 0.3) is 0 Å². The summed E-state index contributed by atoms with van der Waals surface area (Å²) in [5.41, 5.74) is -0.975. The second-order valence-corrected chi connectivity index (χ2v) is 9.15. The third-order valence-electron chi connectivity index (χ3n) is 5.19. The van der Waals surface area contributed by atoms with Crippen molar-refractivity contribution in [2.24, 2.45) is 0 Å². The zero-order chi connectivity index (χ0) is 26.1. The number of halogens is 6. The Bertz CT molecular complexity index is 1110. The fourth-order valence-corrected chi connectivity index (χ4v) is 3.70. The average molecular weight is 506 g/mol. The molecule has 1 N–H and O–H groups in total. The third-order valence-corrected chi connectivity index (χ3v) is 5.19. The summed E-state index contributed by atoms with van der Waals surface area (Å²) >= 11 is 0. The number of carbonyl (C=O) groups is 2. The second-order valence-electron chi connectivity index (χ2n) is 9.15. The van der Waals surface area contributed by atoms with Crippen LogP contribution in [-0.2, 0) is 35.2 Å². The van der Waals surface area contributed by atoms with E-state index in [1.165, 1.54) is 4.90 Å². The van der Waals surface area contributed by atoms with Gasteiger partial charge in [-0.2, -0.15) is 13.2 Å². The Labute approximate surface area is 197 Å². The molecule has 2 amide bonds. The number of fused-ring (bicyclic) bond motifs is 1. The number of aromatic nitrogens is 2. The molecule has 192 valence electrons. The van der Waals surface area contributed by atoms with Crippen LogP contribution in [0.5, 0.6) is 0 Å². The van der Waals surface area contributed by atoms with E-state index in [4.69, 9.17) is 4.74 Å². The summed E-state index contributed by atoms with van der Waals surface area (Å²) < 4.78 is 86.5. The Morgan fingerprint density at radius 3 is 2.37 bits per heavy atom. The van der Waals surface area contributed by atoms with Crippen LogP contribution < -0.4 is 5.32 Å². The summed E-state index contributed by atoms with van der Waals surface area (Å²) in [5, 5.41) is 2.44. The number of carbonyl (C=O) groups excluding carboxylic acids is 2. The lowest BCUT2D eigenvalue weighted by molar-refractivity contribution is -0.148. The molecule has 1 aliphatic rings. The van der Waals surface area contributed by atoms with E-state index in [-0.39, 0.29) is 37.3 Å². The molecule has 0 radical (unpaired) electrons. The Kier molecular flexibility index (Phi) is 7.37. The average Bonchev–Trinajstić information content (AvgIpc) is 3.14. The number of nitrogens with one attached hydrogen (secondary N) is 1. The molecule has 2 aromatic rings. The predicted octanol–water partition coefficient (Wildman–Crippen LogP) is 4.19. The van der Waals surface area contributed by atoms with E-state index in [9.17, 15) is 35.9 Å². The van der Waals surface area contributed by atoms with Crippen LogP contribution >= 0.6 is 0 Å². The molecule has 0 saturated carbocycles. The fourth-order valence-electron chi connectivity index (χ4n) is 3.70. The van der Waals surface area contributed by atoms with Crippen molar-refractivity contribution in [3.63, 3.8) is 0 Å². The number of hydrogen-bond acceptors (Lipinski definition) is 4. The molecule has 0 bridgehead atoms. The Hall–Kier alpha value is -3.25. The molecule has 13 heteroatoms. The van der Waals surface area contributed by atoms with Crippen LogP contribution in [0.15, 0.2) is 18.3 Å². The zero-order valence-corrected chi connectivity index (χ0v) is 19.2. The Morgan fingerprint density at radius 1 is 1.09 bits per heavy atom. The summed E-state index contributed by atoms with van der Waals surface area (Å²) in [4.78, 5) is 29.9. The highest BCUT2D eigenvalue weighted by Gasteiger charge is 2.39. The maximum absolute atomic E-state index is 14.2. The van der Waals surface area contributed by atoms with Gasteiger partial charge in [-0.15, -0.1) is 0 Å². The molecule has 0 aliphatic carbocycles. The van der Waals surface area contributed by atoms with E-state index in [1.807, 2.05) is 0 Å². The number of nitrogens with zero attached hydrogens (tertiary/aromatic N) is 3. The first-order chi connectivity index (χ1) is 16.1. The molecule has 0 fully saturated rings. The van der Waals surface area contributed by atoms with E-state index in [1.54, 1.807) is 20.8 Å². The fraction of sp³-hybridized carbons (Fsp3) is 0.500. The van der Waals surface area contributed by atoms with Crippen molar-refractivity contribution < 1.29 is 40.7 Å². The number of amides is 2. The molecule has 0 spiro atoms. The molecule has 1 aromatic carbocycles. The quantitative estimate of drug-likeness (QED) is 0.488. The lowest BCUT2D eigenvalue weighted by Gasteiger charge is -2.31. The molecule has 1 unspecified atom stereocenters. The molecule has 7 nitrogen and oxygen atoms in total. The van der Waals surface area contributed by atoms with Crippen LogP contribution in [0.1, 0.15) is 44.3 Å². The van der Waals surface area contributed by atoms with Gasteiger partial charge in [0.15, 0.2) is 11.6 Å². The van der Waals surface area contributed by atoms with Gasteiger partial charge in [0, 0.05) is 31.6 Å². The topological polar surface area (TPSA) is 76.5 Å². The van der Waals surface area contributed by atoms with Gasteiger partial charge in [-0.1, -0.05) is 0 Å². The summed E-state index contributed by atoms with van der Waals surface area (Å²) in [6.07, 6.45) is -5.27. The highest BCUT2D eigenvalue weighted by Crippen LogP contribution is 2.30. The number of alkyl carbamates (subject to hydrolysis) is 1. The van der Waals surface area contributed by atoms with Crippen molar-refractivity contribution in [1.29, 1.82) is 0 Å². The number of alkyl halides is 3. The van der Waals surface area contributed by atoms with Crippen molar-refractivity contribution in [3.05, 3.63) is 52.9 Å². The van der Waals surface area contributed by atoms with E-state index in [0.29, 0.717) is 12.1 Å². The first-order valence-corrected chi connectivity index (χ1v) is 10.7. The molecular formula is C22H24F6N4O3. The predicted molar refractivity (Wildman–Crippen MR) is 110 cm³/mol. The van der Waals surface area contributed by atoms with Gasteiger partial charge in [0.05, 0.1) is 18.4 Å². The highest BCUT2D eigenvalue weighted by molar-refractivity contribution is 5.78. The van der Waals surface area contributed by atoms with Gasteiger partial charge in [-0.05, 0) is 38.8 Å². The Morgan fingerprint density at radius 2 is 1.74 bits per heavy atom. The normalized spacial score (nSPS) is 14.9. The van der Waals surface area contributed by atoms with Crippen LogP contribution in [0.4, 0.5) is 31.1 Å². The molecule has 35 heavy (non-hydrogen) atoms. The molecule has 1 aromatic heterocycles. The van der Waals surface area contributed by atoms with Crippen molar-refractivity contribution >= 4 is 12.0 Å². The summed E-state index contributed by atoms with van der Waals surface area (Å²) in [6.45, 7) is 4.47. The standard InChI is InChI=1S/C22H24F6N4O3/c1-21(2,3)35-20(34)30-13(6-12-7-16(24)17(25)9-15(12)23)8-18(33)31-4-5-32-14(11-31)10-29-19(32)22(26,27)28/h7,9-10,13H,4-6,8,11H2,1-3H3,(H,30,34). The molecule has 1 aliphatic heterocycles. The molecule has 2 heterocycles. The van der Waals surface area contributed by atoms with E-state index < -0.39 is 59.5 Å². The monoisotopic (exact) mass is 506 g/mol. The van der Waals surface area contributed by atoms with E-state index in [2.05, 4.69) is 10.3 Å².